The molecule has 0 bridgehead atoms. The van der Waals surface area contributed by atoms with Crippen molar-refractivity contribution >= 4 is 34.0 Å². The van der Waals surface area contributed by atoms with Crippen LogP contribution in [-0.4, -0.2) is 10.9 Å². The third-order valence-corrected chi connectivity index (χ3v) is 3.79. The van der Waals surface area contributed by atoms with E-state index in [4.69, 9.17) is 16.0 Å². The van der Waals surface area contributed by atoms with Crippen molar-refractivity contribution in [1.82, 2.24) is 4.98 Å². The van der Waals surface area contributed by atoms with Crippen molar-refractivity contribution in [3.8, 4) is 0 Å². The minimum Gasteiger partial charge on any atom is -0.456 e. The van der Waals surface area contributed by atoms with Crippen LogP contribution in [0, 0.1) is 6.92 Å². The van der Waals surface area contributed by atoms with Crippen LogP contribution in [0.25, 0.3) is 0 Å². The molecule has 102 valence electrons. The van der Waals surface area contributed by atoms with Crippen LogP contribution in [0.4, 0.5) is 5.13 Å². The van der Waals surface area contributed by atoms with Gasteiger partial charge in [-0.2, -0.15) is 0 Å². The number of carbonyl (C=O) groups excluding carboxylic acids is 1. The minimum atomic E-state index is -0.302. The van der Waals surface area contributed by atoms with Gasteiger partial charge < -0.3 is 4.42 Å². The molecule has 2 aromatic rings. The van der Waals surface area contributed by atoms with Crippen molar-refractivity contribution in [2.75, 3.05) is 5.32 Å². The molecule has 0 fully saturated rings. The molecule has 2 aromatic heterocycles. The number of furan rings is 1. The van der Waals surface area contributed by atoms with Crippen molar-refractivity contribution in [3.63, 3.8) is 0 Å². The molecule has 0 aromatic carbocycles. The summed E-state index contributed by atoms with van der Waals surface area (Å²) in [6.07, 6.45) is 0. The van der Waals surface area contributed by atoms with Crippen LogP contribution in [0.1, 0.15) is 47.3 Å². The molecule has 0 unspecified atom stereocenters. The first kappa shape index (κ1) is 14.1. The molecule has 0 spiro atoms. The molecule has 2 heterocycles. The molecular weight excluding hydrogens is 284 g/mol. The van der Waals surface area contributed by atoms with Crippen molar-refractivity contribution < 1.29 is 9.21 Å². The summed E-state index contributed by atoms with van der Waals surface area (Å²) >= 11 is 7.15. The maximum Gasteiger partial charge on any atom is 0.293 e. The molecule has 0 aliphatic rings. The summed E-state index contributed by atoms with van der Waals surface area (Å²) in [5.74, 6) is 1.30. The Bertz CT molecular complexity index is 589. The van der Waals surface area contributed by atoms with E-state index < -0.39 is 0 Å². The first-order chi connectivity index (χ1) is 9.01. The predicted molar refractivity (Wildman–Crippen MR) is 77.2 cm³/mol. The van der Waals surface area contributed by atoms with E-state index in [1.54, 1.807) is 13.0 Å². The Balaban J connectivity index is 2.11. The average molecular weight is 299 g/mol. The first-order valence-corrected chi connectivity index (χ1v) is 7.34. The van der Waals surface area contributed by atoms with E-state index in [-0.39, 0.29) is 11.7 Å². The van der Waals surface area contributed by atoms with Crippen LogP contribution in [0.3, 0.4) is 0 Å². The molecule has 0 aliphatic heterocycles. The number of thiazole rings is 1. The molecule has 0 atom stereocenters. The predicted octanol–water partition coefficient (Wildman–Crippen LogP) is 4.16. The van der Waals surface area contributed by atoms with Gasteiger partial charge in [-0.15, -0.1) is 22.9 Å². The molecule has 1 N–H and O–H groups in total. The largest absolute Gasteiger partial charge is 0.456 e. The van der Waals surface area contributed by atoms with Crippen LogP contribution in [0.15, 0.2) is 15.9 Å². The number of amides is 1. The molecule has 4 nitrogen and oxygen atoms in total. The molecule has 1 amide bonds. The smallest absolute Gasteiger partial charge is 0.293 e. The molecule has 0 aliphatic carbocycles. The summed E-state index contributed by atoms with van der Waals surface area (Å²) in [6.45, 7) is 5.90. The Morgan fingerprint density at radius 3 is 2.84 bits per heavy atom. The summed E-state index contributed by atoms with van der Waals surface area (Å²) in [7, 11) is 0. The fourth-order valence-electron chi connectivity index (χ4n) is 1.53. The quantitative estimate of drug-likeness (QED) is 0.862. The van der Waals surface area contributed by atoms with Gasteiger partial charge in [-0.05, 0) is 18.9 Å². The van der Waals surface area contributed by atoms with Gasteiger partial charge in [0.25, 0.3) is 5.91 Å². The number of nitrogens with one attached hydrogen (secondary N) is 1. The van der Waals surface area contributed by atoms with Gasteiger partial charge in [0.15, 0.2) is 10.9 Å². The maximum absolute atomic E-state index is 12.0. The fourth-order valence-corrected chi connectivity index (χ4v) is 2.66. The van der Waals surface area contributed by atoms with Crippen LogP contribution in [0.5, 0.6) is 0 Å². The third-order valence-electron chi connectivity index (χ3n) is 2.72. The Labute approximate surface area is 120 Å². The normalized spacial score (nSPS) is 11.0. The monoisotopic (exact) mass is 298 g/mol. The van der Waals surface area contributed by atoms with E-state index in [0.29, 0.717) is 22.7 Å². The Morgan fingerprint density at radius 1 is 1.58 bits per heavy atom. The highest BCUT2D eigenvalue weighted by molar-refractivity contribution is 7.14. The molecular formula is C13H15ClN2O2S. The van der Waals surface area contributed by atoms with Crippen molar-refractivity contribution in [2.45, 2.75) is 32.6 Å². The van der Waals surface area contributed by atoms with Gasteiger partial charge in [-0.3, -0.25) is 10.1 Å². The van der Waals surface area contributed by atoms with Gasteiger partial charge in [0.1, 0.15) is 5.76 Å². The summed E-state index contributed by atoms with van der Waals surface area (Å²) in [4.78, 5) is 16.3. The lowest BCUT2D eigenvalue weighted by Crippen LogP contribution is -2.10. The molecule has 6 heteroatoms. The summed E-state index contributed by atoms with van der Waals surface area (Å²) in [6, 6.07) is 1.66. The maximum atomic E-state index is 12.0. The average Bonchev–Trinajstić information content (AvgIpc) is 2.95. The zero-order valence-electron chi connectivity index (χ0n) is 11.0. The van der Waals surface area contributed by atoms with E-state index in [1.165, 1.54) is 11.3 Å². The lowest BCUT2D eigenvalue weighted by molar-refractivity contribution is 0.0995. The molecule has 0 saturated carbocycles. The van der Waals surface area contributed by atoms with Gasteiger partial charge in [-0.25, -0.2) is 4.98 Å². The molecule has 2 rings (SSSR count). The number of halogens is 1. The Hall–Kier alpha value is -1.33. The highest BCUT2D eigenvalue weighted by Crippen LogP contribution is 2.23. The summed E-state index contributed by atoms with van der Waals surface area (Å²) < 4.78 is 5.37. The Morgan fingerprint density at radius 2 is 2.32 bits per heavy atom. The number of aromatic nitrogens is 1. The van der Waals surface area contributed by atoms with Gasteiger partial charge >= 0.3 is 0 Å². The molecule has 0 saturated heterocycles. The molecule has 0 radical (unpaired) electrons. The van der Waals surface area contributed by atoms with Crippen molar-refractivity contribution in [3.05, 3.63) is 34.2 Å². The van der Waals surface area contributed by atoms with Gasteiger partial charge in [0, 0.05) is 10.9 Å². The van der Waals surface area contributed by atoms with Gasteiger partial charge in [0.05, 0.1) is 11.6 Å². The van der Waals surface area contributed by atoms with Crippen molar-refractivity contribution in [1.29, 1.82) is 0 Å². The number of hydrogen-bond acceptors (Lipinski definition) is 4. The van der Waals surface area contributed by atoms with Crippen LogP contribution >= 0.6 is 22.9 Å². The zero-order chi connectivity index (χ0) is 14.0. The minimum absolute atomic E-state index is 0.259. The van der Waals surface area contributed by atoms with Gasteiger partial charge in [0.2, 0.25) is 0 Å². The molecule has 19 heavy (non-hydrogen) atoms. The zero-order valence-corrected chi connectivity index (χ0v) is 12.6. The summed E-state index contributed by atoms with van der Waals surface area (Å²) in [5.41, 5.74) is 1.80. The number of carbonyl (C=O) groups is 1. The third kappa shape index (κ3) is 3.16. The number of alkyl halides is 1. The van der Waals surface area contributed by atoms with Crippen LogP contribution in [-0.2, 0) is 5.88 Å². The second-order valence-corrected chi connectivity index (χ2v) is 5.64. The standard InChI is InChI=1S/C13H15ClN2O2S/c1-7(2)10-6-19-13(15-10)16-12(17)11-4-9(5-14)8(3)18-11/h4,6-7H,5H2,1-3H3,(H,15,16,17). The van der Waals surface area contributed by atoms with E-state index in [1.807, 2.05) is 5.38 Å². The van der Waals surface area contributed by atoms with Gasteiger partial charge in [-0.1, -0.05) is 13.8 Å². The number of rotatable bonds is 4. The number of nitrogens with zero attached hydrogens (tertiary/aromatic N) is 1. The highest BCUT2D eigenvalue weighted by atomic mass is 35.5. The van der Waals surface area contributed by atoms with E-state index in [0.717, 1.165) is 11.3 Å². The fraction of sp³-hybridized carbons (Fsp3) is 0.385. The van der Waals surface area contributed by atoms with E-state index in [9.17, 15) is 4.79 Å². The van der Waals surface area contributed by atoms with Crippen molar-refractivity contribution in [2.24, 2.45) is 0 Å². The number of aryl methyl sites for hydroxylation is 1. The summed E-state index contributed by atoms with van der Waals surface area (Å²) in [5, 5.41) is 5.25. The van der Waals surface area contributed by atoms with E-state index >= 15 is 0 Å². The Kier molecular flexibility index (Phi) is 4.27. The van der Waals surface area contributed by atoms with E-state index in [2.05, 4.69) is 24.1 Å². The highest BCUT2D eigenvalue weighted by Gasteiger charge is 2.16. The van der Waals surface area contributed by atoms with Crippen LogP contribution in [0.2, 0.25) is 0 Å². The lowest BCUT2D eigenvalue weighted by Gasteiger charge is -1.99. The SMILES string of the molecule is Cc1oc(C(=O)Nc2nc(C(C)C)cs2)cc1CCl. The number of anilines is 1. The van der Waals surface area contributed by atoms with Crippen LogP contribution < -0.4 is 5.32 Å². The second kappa shape index (κ2) is 5.75. The number of hydrogen-bond donors (Lipinski definition) is 1. The lowest BCUT2D eigenvalue weighted by atomic mass is 10.2. The second-order valence-electron chi connectivity index (χ2n) is 4.51. The topological polar surface area (TPSA) is 55.1 Å². The first-order valence-electron chi connectivity index (χ1n) is 5.93.